The number of amides is 1. The Bertz CT molecular complexity index is 370. The van der Waals surface area contributed by atoms with Gasteiger partial charge in [0.1, 0.15) is 0 Å². The molecule has 0 spiro atoms. The summed E-state index contributed by atoms with van der Waals surface area (Å²) in [7, 11) is 0. The number of hydrogen-bond donors (Lipinski definition) is 1. The number of carbonyl (C=O) groups excluding carboxylic acids is 1. The van der Waals surface area contributed by atoms with Crippen molar-refractivity contribution in [3.05, 3.63) is 35.4 Å². The first kappa shape index (κ1) is 16.7. The second-order valence-corrected chi connectivity index (χ2v) is 5.47. The molecule has 1 aromatic rings. The molecule has 20 heavy (non-hydrogen) atoms. The Labute approximate surface area is 124 Å². The third kappa shape index (κ3) is 6.74. The second kappa shape index (κ2) is 10.5. The maximum Gasteiger partial charge on any atom is 0.251 e. The Kier molecular flexibility index (Phi) is 8.77. The van der Waals surface area contributed by atoms with Crippen LogP contribution in [0.2, 0.25) is 0 Å². The zero-order chi connectivity index (χ0) is 14.6. The van der Waals surface area contributed by atoms with Crippen LogP contribution >= 0.6 is 0 Å². The normalized spacial score (nSPS) is 10.5. The maximum atomic E-state index is 11.8. The molecule has 0 aliphatic carbocycles. The lowest BCUT2D eigenvalue weighted by atomic mass is 10.0. The first-order chi connectivity index (χ1) is 9.77. The minimum Gasteiger partial charge on any atom is -0.352 e. The average molecular weight is 275 g/mol. The van der Waals surface area contributed by atoms with E-state index in [0.717, 1.165) is 24.9 Å². The monoisotopic (exact) mass is 275 g/mol. The van der Waals surface area contributed by atoms with Gasteiger partial charge in [-0.15, -0.1) is 0 Å². The van der Waals surface area contributed by atoms with Gasteiger partial charge >= 0.3 is 0 Å². The van der Waals surface area contributed by atoms with E-state index in [0.29, 0.717) is 0 Å². The molecule has 0 unspecified atom stereocenters. The van der Waals surface area contributed by atoms with Gasteiger partial charge < -0.3 is 5.32 Å². The van der Waals surface area contributed by atoms with E-state index < -0.39 is 0 Å². The summed E-state index contributed by atoms with van der Waals surface area (Å²) in [5, 5.41) is 2.90. The number of rotatable bonds is 10. The van der Waals surface area contributed by atoms with Crippen molar-refractivity contribution in [1.29, 1.82) is 0 Å². The van der Waals surface area contributed by atoms with Crippen LogP contribution in [0, 0.1) is 0 Å². The molecule has 0 radical (unpaired) electrons. The smallest absolute Gasteiger partial charge is 0.251 e. The van der Waals surface area contributed by atoms with Crippen LogP contribution in [0.4, 0.5) is 0 Å². The Balaban J connectivity index is 2.26. The molecule has 1 rings (SSSR count). The minimum absolute atomic E-state index is 0.0398. The summed E-state index contributed by atoms with van der Waals surface area (Å²) in [5.41, 5.74) is 2.11. The second-order valence-electron chi connectivity index (χ2n) is 5.47. The van der Waals surface area contributed by atoms with Gasteiger partial charge in [-0.2, -0.15) is 0 Å². The zero-order valence-electron chi connectivity index (χ0n) is 13.1. The summed E-state index contributed by atoms with van der Waals surface area (Å²) >= 11 is 0. The SMILES string of the molecule is CCCCCCCCc1ccc(C(=O)NCCC)cc1. The Morgan fingerprint density at radius 3 is 2.20 bits per heavy atom. The first-order valence-electron chi connectivity index (χ1n) is 8.15. The fraction of sp³-hybridized carbons (Fsp3) is 0.611. The number of hydrogen-bond acceptors (Lipinski definition) is 1. The summed E-state index contributed by atoms with van der Waals surface area (Å²) in [6.45, 7) is 5.06. The van der Waals surface area contributed by atoms with Gasteiger partial charge in [0.15, 0.2) is 0 Å². The molecule has 0 aliphatic rings. The molecule has 0 saturated heterocycles. The third-order valence-electron chi connectivity index (χ3n) is 3.57. The molecule has 0 aromatic heterocycles. The van der Waals surface area contributed by atoms with Gasteiger partial charge in [-0.05, 0) is 37.0 Å². The molecule has 112 valence electrons. The van der Waals surface area contributed by atoms with E-state index in [1.807, 2.05) is 12.1 Å². The molecule has 0 heterocycles. The quantitative estimate of drug-likeness (QED) is 0.614. The molecule has 0 bridgehead atoms. The topological polar surface area (TPSA) is 29.1 Å². The van der Waals surface area contributed by atoms with Crippen molar-refractivity contribution in [3.8, 4) is 0 Å². The fourth-order valence-electron chi connectivity index (χ4n) is 2.27. The van der Waals surface area contributed by atoms with Crippen molar-refractivity contribution in [1.82, 2.24) is 5.32 Å². The number of benzene rings is 1. The Morgan fingerprint density at radius 1 is 0.900 bits per heavy atom. The van der Waals surface area contributed by atoms with Crippen molar-refractivity contribution in [2.45, 2.75) is 65.2 Å². The minimum atomic E-state index is 0.0398. The first-order valence-corrected chi connectivity index (χ1v) is 8.15. The van der Waals surface area contributed by atoms with Crippen molar-refractivity contribution in [3.63, 3.8) is 0 Å². The third-order valence-corrected chi connectivity index (χ3v) is 3.57. The number of unbranched alkanes of at least 4 members (excludes halogenated alkanes) is 5. The van der Waals surface area contributed by atoms with E-state index in [2.05, 4.69) is 31.3 Å². The van der Waals surface area contributed by atoms with E-state index in [-0.39, 0.29) is 5.91 Å². The van der Waals surface area contributed by atoms with Crippen LogP contribution < -0.4 is 5.32 Å². The number of carbonyl (C=O) groups is 1. The lowest BCUT2D eigenvalue weighted by Crippen LogP contribution is -2.23. The summed E-state index contributed by atoms with van der Waals surface area (Å²) in [4.78, 5) is 11.8. The molecular formula is C18H29NO. The fourth-order valence-corrected chi connectivity index (χ4v) is 2.27. The van der Waals surface area contributed by atoms with Gasteiger partial charge in [0.05, 0.1) is 0 Å². The Morgan fingerprint density at radius 2 is 1.55 bits per heavy atom. The molecule has 0 atom stereocenters. The summed E-state index contributed by atoms with van der Waals surface area (Å²) < 4.78 is 0. The van der Waals surface area contributed by atoms with Crippen molar-refractivity contribution in [2.24, 2.45) is 0 Å². The van der Waals surface area contributed by atoms with Gasteiger partial charge in [0, 0.05) is 12.1 Å². The Hall–Kier alpha value is -1.31. The molecule has 0 saturated carbocycles. The van der Waals surface area contributed by atoms with E-state index in [4.69, 9.17) is 0 Å². The van der Waals surface area contributed by atoms with Crippen LogP contribution in [0.3, 0.4) is 0 Å². The highest BCUT2D eigenvalue weighted by Crippen LogP contribution is 2.11. The van der Waals surface area contributed by atoms with Crippen LogP contribution in [0.5, 0.6) is 0 Å². The molecule has 0 aliphatic heterocycles. The highest BCUT2D eigenvalue weighted by Gasteiger charge is 2.03. The maximum absolute atomic E-state index is 11.8. The highest BCUT2D eigenvalue weighted by molar-refractivity contribution is 5.94. The van der Waals surface area contributed by atoms with Gasteiger partial charge in [-0.3, -0.25) is 4.79 Å². The molecule has 1 aromatic carbocycles. The van der Waals surface area contributed by atoms with Crippen LogP contribution in [0.15, 0.2) is 24.3 Å². The lowest BCUT2D eigenvalue weighted by Gasteiger charge is -2.05. The average Bonchev–Trinajstić information content (AvgIpc) is 2.49. The van der Waals surface area contributed by atoms with Crippen LogP contribution in [-0.4, -0.2) is 12.5 Å². The molecule has 2 nitrogen and oxygen atoms in total. The molecule has 0 fully saturated rings. The summed E-state index contributed by atoms with van der Waals surface area (Å²) in [6.07, 6.45) is 10.1. The lowest BCUT2D eigenvalue weighted by molar-refractivity contribution is 0.0953. The van der Waals surface area contributed by atoms with Crippen LogP contribution in [0.1, 0.15) is 74.7 Å². The largest absolute Gasteiger partial charge is 0.352 e. The van der Waals surface area contributed by atoms with Crippen LogP contribution in [0.25, 0.3) is 0 Å². The van der Waals surface area contributed by atoms with E-state index in [9.17, 15) is 4.79 Å². The van der Waals surface area contributed by atoms with Crippen molar-refractivity contribution < 1.29 is 4.79 Å². The van der Waals surface area contributed by atoms with Crippen molar-refractivity contribution in [2.75, 3.05) is 6.54 Å². The molecule has 1 amide bonds. The predicted octanol–water partition coefficient (Wildman–Crippen LogP) is 4.73. The van der Waals surface area contributed by atoms with Gasteiger partial charge in [-0.25, -0.2) is 0 Å². The van der Waals surface area contributed by atoms with Gasteiger partial charge in [0.25, 0.3) is 5.91 Å². The standard InChI is InChI=1S/C18H29NO/c1-3-5-6-7-8-9-10-16-11-13-17(14-12-16)18(20)19-15-4-2/h11-14H,3-10,15H2,1-2H3,(H,19,20). The summed E-state index contributed by atoms with van der Waals surface area (Å²) in [6, 6.07) is 8.06. The number of aryl methyl sites for hydroxylation is 1. The van der Waals surface area contributed by atoms with Crippen molar-refractivity contribution >= 4 is 5.91 Å². The van der Waals surface area contributed by atoms with Gasteiger partial charge in [-0.1, -0.05) is 58.1 Å². The summed E-state index contributed by atoms with van der Waals surface area (Å²) in [5.74, 6) is 0.0398. The zero-order valence-corrected chi connectivity index (χ0v) is 13.1. The molecule has 1 N–H and O–H groups in total. The highest BCUT2D eigenvalue weighted by atomic mass is 16.1. The van der Waals surface area contributed by atoms with E-state index >= 15 is 0 Å². The predicted molar refractivity (Wildman–Crippen MR) is 86.1 cm³/mol. The van der Waals surface area contributed by atoms with E-state index in [1.165, 1.54) is 44.1 Å². The number of nitrogens with one attached hydrogen (secondary N) is 1. The van der Waals surface area contributed by atoms with Crippen LogP contribution in [-0.2, 0) is 6.42 Å². The molecular weight excluding hydrogens is 246 g/mol. The van der Waals surface area contributed by atoms with E-state index in [1.54, 1.807) is 0 Å². The molecule has 2 heteroatoms. The van der Waals surface area contributed by atoms with Gasteiger partial charge in [0.2, 0.25) is 0 Å².